The molecule has 0 aliphatic heterocycles. The molecule has 0 radical (unpaired) electrons. The summed E-state index contributed by atoms with van der Waals surface area (Å²) in [4.78, 5) is 4.81. The Morgan fingerprint density at radius 1 is 1.13 bits per heavy atom. The first-order chi connectivity index (χ1) is 11.0. The minimum Gasteiger partial charge on any atom is -0.389 e. The fraction of sp³-hybridized carbons (Fsp3) is 0.0588. The maximum Gasteiger partial charge on any atom is 0.140 e. The van der Waals surface area contributed by atoms with Crippen LogP contribution in [-0.4, -0.2) is 14.5 Å². The van der Waals surface area contributed by atoms with E-state index in [1.165, 1.54) is 0 Å². The van der Waals surface area contributed by atoms with Crippen molar-refractivity contribution in [3.63, 3.8) is 0 Å². The second-order valence-corrected chi connectivity index (χ2v) is 6.41. The summed E-state index contributed by atoms with van der Waals surface area (Å²) in [6.45, 7) is 0.649. The Kier molecular flexibility index (Phi) is 4.66. The number of halogens is 2. The molecule has 2 aromatic carbocycles. The molecule has 0 atom stereocenters. The molecule has 0 aliphatic carbocycles. The topological polar surface area (TPSA) is 43.8 Å². The number of nitrogens with two attached hydrogens (primary N) is 1. The monoisotopic (exact) mass is 361 g/mol. The van der Waals surface area contributed by atoms with E-state index < -0.39 is 0 Å². The van der Waals surface area contributed by atoms with Crippen LogP contribution in [0.5, 0.6) is 0 Å². The van der Waals surface area contributed by atoms with E-state index >= 15 is 0 Å². The van der Waals surface area contributed by atoms with E-state index in [4.69, 9.17) is 41.2 Å². The molecule has 1 aromatic heterocycles. The molecule has 1 heterocycles. The third kappa shape index (κ3) is 3.72. The average molecular weight is 362 g/mol. The van der Waals surface area contributed by atoms with Gasteiger partial charge in [0.15, 0.2) is 0 Å². The van der Waals surface area contributed by atoms with Gasteiger partial charge < -0.3 is 10.3 Å². The Labute approximate surface area is 149 Å². The summed E-state index contributed by atoms with van der Waals surface area (Å²) in [7, 11) is 0. The molecule has 6 heteroatoms. The fourth-order valence-electron chi connectivity index (χ4n) is 2.40. The zero-order valence-corrected chi connectivity index (χ0v) is 14.4. The molecular formula is C17H13Cl2N3S. The summed E-state index contributed by atoms with van der Waals surface area (Å²) in [5, 5.41) is 1.16. The van der Waals surface area contributed by atoms with Crippen molar-refractivity contribution in [3.8, 4) is 11.4 Å². The lowest BCUT2D eigenvalue weighted by atomic mass is 10.1. The lowest BCUT2D eigenvalue weighted by molar-refractivity contribution is 0.807. The largest absolute Gasteiger partial charge is 0.389 e. The lowest BCUT2D eigenvalue weighted by Crippen LogP contribution is -2.10. The molecule has 0 fully saturated rings. The summed E-state index contributed by atoms with van der Waals surface area (Å²) >= 11 is 17.2. The van der Waals surface area contributed by atoms with E-state index in [1.807, 2.05) is 47.2 Å². The number of hydrogen-bond donors (Lipinski definition) is 1. The van der Waals surface area contributed by atoms with Crippen LogP contribution < -0.4 is 5.73 Å². The van der Waals surface area contributed by atoms with Gasteiger partial charge in [0, 0.05) is 40.1 Å². The number of hydrogen-bond acceptors (Lipinski definition) is 2. The zero-order valence-electron chi connectivity index (χ0n) is 12.0. The first-order valence-corrected chi connectivity index (χ1v) is 8.06. The van der Waals surface area contributed by atoms with Crippen molar-refractivity contribution in [2.75, 3.05) is 0 Å². The predicted molar refractivity (Wildman–Crippen MR) is 99.1 cm³/mol. The van der Waals surface area contributed by atoms with E-state index in [1.54, 1.807) is 12.3 Å². The van der Waals surface area contributed by atoms with Crippen molar-refractivity contribution in [2.45, 2.75) is 6.54 Å². The normalized spacial score (nSPS) is 10.7. The Morgan fingerprint density at radius 2 is 1.87 bits per heavy atom. The molecule has 0 aliphatic rings. The van der Waals surface area contributed by atoms with Crippen LogP contribution in [0.15, 0.2) is 54.9 Å². The van der Waals surface area contributed by atoms with Crippen molar-refractivity contribution in [1.82, 2.24) is 9.55 Å². The Hall–Kier alpha value is -1.88. The second kappa shape index (κ2) is 6.71. The third-order valence-corrected chi connectivity index (χ3v) is 4.07. The van der Waals surface area contributed by atoms with E-state index in [9.17, 15) is 0 Å². The smallest absolute Gasteiger partial charge is 0.140 e. The molecule has 3 aromatic rings. The van der Waals surface area contributed by atoms with Gasteiger partial charge in [-0.05, 0) is 29.8 Å². The number of aromatic nitrogens is 2. The highest BCUT2D eigenvalue weighted by atomic mass is 35.5. The predicted octanol–water partition coefficient (Wildman–Crippen LogP) is 4.54. The van der Waals surface area contributed by atoms with Crippen molar-refractivity contribution in [3.05, 3.63) is 76.0 Å². The summed E-state index contributed by atoms with van der Waals surface area (Å²) in [6, 6.07) is 13.2. The summed E-state index contributed by atoms with van der Waals surface area (Å²) in [5.41, 5.74) is 8.50. The van der Waals surface area contributed by atoms with Crippen molar-refractivity contribution < 1.29 is 0 Å². The SMILES string of the molecule is NC(=S)c1cccc(Cn2ccnc2-c2cc(Cl)cc(Cl)c2)c1. The van der Waals surface area contributed by atoms with Gasteiger partial charge in [0.05, 0.1) is 0 Å². The molecule has 2 N–H and O–H groups in total. The molecule has 0 saturated heterocycles. The zero-order chi connectivity index (χ0) is 16.4. The minimum absolute atomic E-state index is 0.388. The van der Waals surface area contributed by atoms with Gasteiger partial charge in [-0.15, -0.1) is 0 Å². The Balaban J connectivity index is 1.95. The Morgan fingerprint density at radius 3 is 2.57 bits per heavy atom. The van der Waals surface area contributed by atoms with Crippen molar-refractivity contribution in [2.24, 2.45) is 5.73 Å². The molecule has 0 spiro atoms. The quantitative estimate of drug-likeness (QED) is 0.693. The van der Waals surface area contributed by atoms with Crippen LogP contribution in [-0.2, 0) is 6.54 Å². The third-order valence-electron chi connectivity index (χ3n) is 3.40. The fourth-order valence-corrected chi connectivity index (χ4v) is 3.05. The van der Waals surface area contributed by atoms with E-state index in [-0.39, 0.29) is 0 Å². The Bertz CT molecular complexity index is 854. The molecule has 0 amide bonds. The maximum absolute atomic E-state index is 6.09. The number of rotatable bonds is 4. The summed E-state index contributed by atoms with van der Waals surface area (Å²) < 4.78 is 2.03. The van der Waals surface area contributed by atoms with Crippen molar-refractivity contribution in [1.29, 1.82) is 0 Å². The van der Waals surface area contributed by atoms with Crippen LogP contribution in [0.2, 0.25) is 10.0 Å². The molecule has 0 saturated carbocycles. The van der Waals surface area contributed by atoms with Crippen LogP contribution in [0.4, 0.5) is 0 Å². The van der Waals surface area contributed by atoms with Crippen LogP contribution >= 0.6 is 35.4 Å². The van der Waals surface area contributed by atoms with Crippen LogP contribution in [0.1, 0.15) is 11.1 Å². The van der Waals surface area contributed by atoms with E-state index in [0.717, 1.165) is 22.5 Å². The maximum atomic E-state index is 6.09. The standard InChI is InChI=1S/C17H13Cl2N3S/c18-14-7-13(8-15(19)9-14)17-21-4-5-22(17)10-11-2-1-3-12(6-11)16(20)23/h1-9H,10H2,(H2,20,23). The van der Waals surface area contributed by atoms with Gasteiger partial charge >= 0.3 is 0 Å². The van der Waals surface area contributed by atoms with Gasteiger partial charge in [0.25, 0.3) is 0 Å². The lowest BCUT2D eigenvalue weighted by Gasteiger charge is -2.10. The minimum atomic E-state index is 0.388. The first kappa shape index (κ1) is 16.0. The highest BCUT2D eigenvalue weighted by Gasteiger charge is 2.09. The number of nitrogens with zero attached hydrogens (tertiary/aromatic N) is 2. The highest BCUT2D eigenvalue weighted by molar-refractivity contribution is 7.80. The van der Waals surface area contributed by atoms with Gasteiger partial charge in [0.1, 0.15) is 10.8 Å². The van der Waals surface area contributed by atoms with E-state index in [0.29, 0.717) is 21.6 Å². The second-order valence-electron chi connectivity index (χ2n) is 5.10. The molecule has 0 bridgehead atoms. The average Bonchev–Trinajstić information content (AvgIpc) is 2.94. The van der Waals surface area contributed by atoms with Gasteiger partial charge in [-0.2, -0.15) is 0 Å². The van der Waals surface area contributed by atoms with Gasteiger partial charge in [-0.1, -0.05) is 53.6 Å². The van der Waals surface area contributed by atoms with Gasteiger partial charge in [0.2, 0.25) is 0 Å². The van der Waals surface area contributed by atoms with Crippen LogP contribution in [0, 0.1) is 0 Å². The molecule has 23 heavy (non-hydrogen) atoms. The number of thiocarbonyl (C=S) groups is 1. The highest BCUT2D eigenvalue weighted by Crippen LogP contribution is 2.26. The molecule has 0 unspecified atom stereocenters. The molecule has 3 nitrogen and oxygen atoms in total. The summed E-state index contributed by atoms with van der Waals surface area (Å²) in [6.07, 6.45) is 3.67. The van der Waals surface area contributed by atoms with Crippen LogP contribution in [0.3, 0.4) is 0 Å². The molecule has 116 valence electrons. The van der Waals surface area contributed by atoms with Gasteiger partial charge in [-0.25, -0.2) is 4.98 Å². The molecule has 3 rings (SSSR count). The van der Waals surface area contributed by atoms with Gasteiger partial charge in [-0.3, -0.25) is 0 Å². The van der Waals surface area contributed by atoms with E-state index in [2.05, 4.69) is 4.98 Å². The molecular weight excluding hydrogens is 349 g/mol. The summed E-state index contributed by atoms with van der Waals surface area (Å²) in [5.74, 6) is 0.801. The first-order valence-electron chi connectivity index (χ1n) is 6.89. The van der Waals surface area contributed by atoms with Crippen LogP contribution in [0.25, 0.3) is 11.4 Å². The number of benzene rings is 2. The van der Waals surface area contributed by atoms with Crippen molar-refractivity contribution >= 4 is 40.4 Å². The number of imidazole rings is 1.